The smallest absolute Gasteiger partial charge is 0.352 e. The standard InChI is InChI=1S/C18H31F3N4.HI/c1-2-22-16(23-15-6-10-24(12-15)14-18(19,20)21)25-11-9-17(13-25)7-4-3-5-8-17;/h15H,2-14H2,1H3,(H,22,23);1H. The van der Waals surface area contributed by atoms with Gasteiger partial charge in [0.1, 0.15) is 0 Å². The largest absolute Gasteiger partial charge is 0.401 e. The minimum Gasteiger partial charge on any atom is -0.352 e. The number of hydrogen-bond donors (Lipinski definition) is 1. The summed E-state index contributed by atoms with van der Waals surface area (Å²) in [6, 6.07) is 0.0653. The van der Waals surface area contributed by atoms with Crippen molar-refractivity contribution >= 4 is 29.9 Å². The number of nitrogens with one attached hydrogen (secondary N) is 1. The van der Waals surface area contributed by atoms with E-state index in [2.05, 4.69) is 15.2 Å². The molecule has 0 bridgehead atoms. The van der Waals surface area contributed by atoms with Crippen molar-refractivity contribution in [1.82, 2.24) is 15.1 Å². The number of halogens is 4. The predicted molar refractivity (Wildman–Crippen MR) is 109 cm³/mol. The van der Waals surface area contributed by atoms with Gasteiger partial charge in [0.25, 0.3) is 0 Å². The van der Waals surface area contributed by atoms with Gasteiger partial charge in [0, 0.05) is 38.8 Å². The van der Waals surface area contributed by atoms with Crippen molar-refractivity contribution in [3.63, 3.8) is 0 Å². The van der Waals surface area contributed by atoms with E-state index in [4.69, 9.17) is 0 Å². The first-order valence-corrected chi connectivity index (χ1v) is 9.74. The van der Waals surface area contributed by atoms with E-state index in [9.17, 15) is 13.2 Å². The number of likely N-dealkylation sites (tertiary alicyclic amines) is 2. The number of alkyl halides is 3. The van der Waals surface area contributed by atoms with Gasteiger partial charge in [-0.2, -0.15) is 13.2 Å². The average Bonchev–Trinajstić information content (AvgIpc) is 3.14. The van der Waals surface area contributed by atoms with E-state index < -0.39 is 12.7 Å². The second-order valence-electron chi connectivity index (χ2n) is 8.01. The molecule has 2 aliphatic heterocycles. The highest BCUT2D eigenvalue weighted by Crippen LogP contribution is 2.43. The maximum atomic E-state index is 12.6. The van der Waals surface area contributed by atoms with Crippen LogP contribution in [0.5, 0.6) is 0 Å². The molecular weight excluding hydrogens is 456 g/mol. The van der Waals surface area contributed by atoms with Crippen LogP contribution in [0.2, 0.25) is 0 Å². The fraction of sp³-hybridized carbons (Fsp3) is 0.944. The molecular formula is C18H32F3IN4. The Morgan fingerprint density at radius 2 is 1.88 bits per heavy atom. The molecule has 1 spiro atoms. The lowest BCUT2D eigenvalue weighted by Crippen LogP contribution is -2.47. The van der Waals surface area contributed by atoms with Gasteiger partial charge in [-0.05, 0) is 38.0 Å². The Morgan fingerprint density at radius 1 is 1.15 bits per heavy atom. The van der Waals surface area contributed by atoms with E-state index in [1.807, 2.05) is 6.92 Å². The Morgan fingerprint density at radius 3 is 2.54 bits per heavy atom. The van der Waals surface area contributed by atoms with Crippen LogP contribution in [0, 0.1) is 5.41 Å². The first kappa shape index (κ1) is 22.0. The normalized spacial score (nSPS) is 27.0. The summed E-state index contributed by atoms with van der Waals surface area (Å²) in [5, 5.41) is 3.46. The number of nitrogens with zero attached hydrogens (tertiary/aromatic N) is 3. The molecule has 1 saturated carbocycles. The Kier molecular flexibility index (Phi) is 7.88. The number of guanidine groups is 1. The van der Waals surface area contributed by atoms with E-state index in [0.717, 1.165) is 25.5 Å². The lowest BCUT2D eigenvalue weighted by atomic mass is 9.73. The zero-order valence-corrected chi connectivity index (χ0v) is 18.0. The highest BCUT2D eigenvalue weighted by Gasteiger charge is 2.40. The summed E-state index contributed by atoms with van der Waals surface area (Å²) in [5.74, 6) is 0.906. The van der Waals surface area contributed by atoms with Crippen LogP contribution < -0.4 is 5.32 Å². The molecule has 26 heavy (non-hydrogen) atoms. The molecule has 0 aromatic rings. The van der Waals surface area contributed by atoms with Crippen LogP contribution >= 0.6 is 24.0 Å². The summed E-state index contributed by atoms with van der Waals surface area (Å²) < 4.78 is 37.7. The molecule has 1 unspecified atom stereocenters. The molecule has 0 aromatic heterocycles. The van der Waals surface area contributed by atoms with E-state index in [1.54, 1.807) is 0 Å². The Labute approximate surface area is 172 Å². The maximum absolute atomic E-state index is 12.6. The lowest BCUT2D eigenvalue weighted by molar-refractivity contribution is -0.143. The first-order chi connectivity index (χ1) is 11.9. The lowest BCUT2D eigenvalue weighted by Gasteiger charge is -2.34. The van der Waals surface area contributed by atoms with Gasteiger partial charge in [0.05, 0.1) is 6.54 Å². The molecule has 0 aromatic carbocycles. The van der Waals surface area contributed by atoms with E-state index >= 15 is 0 Å². The van der Waals surface area contributed by atoms with Crippen molar-refractivity contribution in [3.8, 4) is 0 Å². The molecule has 1 N–H and O–H groups in total. The minimum atomic E-state index is -4.11. The molecule has 4 nitrogen and oxygen atoms in total. The Bertz CT molecular complexity index is 478. The van der Waals surface area contributed by atoms with Gasteiger partial charge in [-0.25, -0.2) is 0 Å². The number of aliphatic imine (C=N–C) groups is 1. The molecule has 2 heterocycles. The molecule has 0 radical (unpaired) electrons. The second kappa shape index (κ2) is 9.30. The molecule has 8 heteroatoms. The highest BCUT2D eigenvalue weighted by molar-refractivity contribution is 14.0. The van der Waals surface area contributed by atoms with Gasteiger partial charge in [0.2, 0.25) is 0 Å². The summed E-state index contributed by atoms with van der Waals surface area (Å²) in [6.07, 6.45) is 4.50. The molecule has 0 amide bonds. The van der Waals surface area contributed by atoms with Crippen molar-refractivity contribution < 1.29 is 13.2 Å². The fourth-order valence-corrected chi connectivity index (χ4v) is 4.74. The van der Waals surface area contributed by atoms with Crippen LogP contribution in [0.4, 0.5) is 13.2 Å². The van der Waals surface area contributed by atoms with E-state index in [0.29, 0.717) is 25.0 Å². The molecule has 152 valence electrons. The topological polar surface area (TPSA) is 30.9 Å². The van der Waals surface area contributed by atoms with Crippen LogP contribution in [0.1, 0.15) is 51.9 Å². The Balaban J connectivity index is 0.00000243. The fourth-order valence-electron chi connectivity index (χ4n) is 4.74. The quantitative estimate of drug-likeness (QED) is 0.372. The third kappa shape index (κ3) is 5.87. The number of hydrogen-bond acceptors (Lipinski definition) is 2. The van der Waals surface area contributed by atoms with E-state index in [1.165, 1.54) is 43.4 Å². The average molecular weight is 488 g/mol. The van der Waals surface area contributed by atoms with Crippen LogP contribution in [0.3, 0.4) is 0 Å². The monoisotopic (exact) mass is 488 g/mol. The first-order valence-electron chi connectivity index (χ1n) is 9.74. The van der Waals surface area contributed by atoms with Crippen LogP contribution in [0.15, 0.2) is 4.99 Å². The summed E-state index contributed by atoms with van der Waals surface area (Å²) in [4.78, 5) is 8.48. The zero-order valence-electron chi connectivity index (χ0n) is 15.7. The van der Waals surface area contributed by atoms with Gasteiger partial charge in [-0.3, -0.25) is 9.89 Å². The van der Waals surface area contributed by atoms with Gasteiger partial charge in [0.15, 0.2) is 5.96 Å². The zero-order chi connectivity index (χ0) is 17.9. The van der Waals surface area contributed by atoms with Crippen LogP contribution in [0.25, 0.3) is 0 Å². The molecule has 3 aliphatic rings. The number of rotatable bonds is 3. The van der Waals surface area contributed by atoms with Gasteiger partial charge >= 0.3 is 6.18 Å². The third-order valence-electron chi connectivity index (χ3n) is 5.97. The van der Waals surface area contributed by atoms with Crippen molar-refractivity contribution in [2.75, 3.05) is 39.3 Å². The Hall–Kier alpha value is -0.250. The second-order valence-corrected chi connectivity index (χ2v) is 8.01. The van der Waals surface area contributed by atoms with Gasteiger partial charge in [-0.1, -0.05) is 19.3 Å². The third-order valence-corrected chi connectivity index (χ3v) is 5.97. The van der Waals surface area contributed by atoms with Crippen LogP contribution in [-0.4, -0.2) is 67.2 Å². The molecule has 3 rings (SSSR count). The van der Waals surface area contributed by atoms with E-state index in [-0.39, 0.29) is 30.0 Å². The summed E-state index contributed by atoms with van der Waals surface area (Å²) in [5.41, 5.74) is 0.451. The van der Waals surface area contributed by atoms with Crippen LogP contribution in [-0.2, 0) is 0 Å². The SMILES string of the molecule is CCN=C(NC1CCN(CC(F)(F)F)C1)N1CCC2(CCCCC2)C1.I. The molecule has 2 saturated heterocycles. The van der Waals surface area contributed by atoms with Crippen molar-refractivity contribution in [1.29, 1.82) is 0 Å². The summed E-state index contributed by atoms with van der Waals surface area (Å²) in [7, 11) is 0. The molecule has 3 fully saturated rings. The van der Waals surface area contributed by atoms with Crippen molar-refractivity contribution in [2.45, 2.75) is 64.1 Å². The van der Waals surface area contributed by atoms with Gasteiger partial charge in [-0.15, -0.1) is 24.0 Å². The molecule has 1 atom stereocenters. The summed E-state index contributed by atoms with van der Waals surface area (Å²) in [6.45, 7) is 4.92. The highest BCUT2D eigenvalue weighted by atomic mass is 127. The summed E-state index contributed by atoms with van der Waals surface area (Å²) >= 11 is 0. The van der Waals surface area contributed by atoms with Gasteiger partial charge < -0.3 is 10.2 Å². The maximum Gasteiger partial charge on any atom is 0.401 e. The van der Waals surface area contributed by atoms with Crippen molar-refractivity contribution in [3.05, 3.63) is 0 Å². The molecule has 1 aliphatic carbocycles. The predicted octanol–water partition coefficient (Wildman–Crippen LogP) is 3.86. The van der Waals surface area contributed by atoms with Crippen molar-refractivity contribution in [2.24, 2.45) is 10.4 Å². The minimum absolute atomic E-state index is 0.